The molecule has 2 amide bonds. The molecule has 1 atom stereocenters. The van der Waals surface area contributed by atoms with Gasteiger partial charge in [0.1, 0.15) is 17.2 Å². The molecule has 29 heavy (non-hydrogen) atoms. The first-order valence-corrected chi connectivity index (χ1v) is 9.36. The Morgan fingerprint density at radius 2 is 2.17 bits per heavy atom. The van der Waals surface area contributed by atoms with E-state index in [4.69, 9.17) is 5.73 Å². The van der Waals surface area contributed by atoms with E-state index >= 15 is 0 Å². The Morgan fingerprint density at radius 1 is 1.41 bits per heavy atom. The van der Waals surface area contributed by atoms with Crippen molar-refractivity contribution in [3.05, 3.63) is 53.0 Å². The minimum absolute atomic E-state index is 0.00214. The molecule has 3 N–H and O–H groups in total. The number of carbonyl (C=O) groups excluding carboxylic acids is 2. The highest BCUT2D eigenvalue weighted by Gasteiger charge is 2.42. The van der Waals surface area contributed by atoms with Crippen LogP contribution in [0.3, 0.4) is 0 Å². The molecule has 0 spiro atoms. The van der Waals surface area contributed by atoms with E-state index in [2.05, 4.69) is 16.8 Å². The lowest BCUT2D eigenvalue weighted by molar-refractivity contribution is -0.137. The van der Waals surface area contributed by atoms with Gasteiger partial charge in [-0.05, 0) is 30.2 Å². The predicted octanol–water partition coefficient (Wildman–Crippen LogP) is 1.88. The molecule has 3 rings (SSSR count). The molecule has 1 fully saturated rings. The van der Waals surface area contributed by atoms with E-state index in [0.29, 0.717) is 29.7 Å². The maximum absolute atomic E-state index is 14.7. The number of rotatable bonds is 4. The van der Waals surface area contributed by atoms with Gasteiger partial charge in [0.15, 0.2) is 0 Å². The zero-order valence-electron chi connectivity index (χ0n) is 16.3. The van der Waals surface area contributed by atoms with Crippen LogP contribution in [0.25, 0.3) is 11.3 Å². The normalized spacial score (nSPS) is 18.5. The van der Waals surface area contributed by atoms with E-state index in [0.717, 1.165) is 6.42 Å². The van der Waals surface area contributed by atoms with Crippen molar-refractivity contribution in [3.63, 3.8) is 0 Å². The zero-order valence-corrected chi connectivity index (χ0v) is 16.3. The number of hydrogen-bond donors (Lipinski definition) is 2. The highest BCUT2D eigenvalue weighted by Crippen LogP contribution is 2.25. The molecule has 0 saturated carbocycles. The first-order valence-electron chi connectivity index (χ1n) is 9.36. The van der Waals surface area contributed by atoms with Gasteiger partial charge in [0, 0.05) is 31.1 Å². The number of benzene rings is 1. The van der Waals surface area contributed by atoms with Crippen LogP contribution in [0.2, 0.25) is 0 Å². The van der Waals surface area contributed by atoms with Crippen molar-refractivity contribution in [1.82, 2.24) is 9.88 Å². The van der Waals surface area contributed by atoms with Crippen LogP contribution in [0.5, 0.6) is 0 Å². The van der Waals surface area contributed by atoms with E-state index in [-0.39, 0.29) is 17.8 Å². The minimum Gasteiger partial charge on any atom is -0.369 e. The monoisotopic (exact) mass is 395 g/mol. The first-order chi connectivity index (χ1) is 13.7. The first kappa shape index (κ1) is 20.5. The van der Waals surface area contributed by atoms with Gasteiger partial charge in [0.05, 0.1) is 0 Å². The Morgan fingerprint density at radius 3 is 2.79 bits per heavy atom. The van der Waals surface area contributed by atoms with Gasteiger partial charge in [-0.15, -0.1) is 0 Å². The summed E-state index contributed by atoms with van der Waals surface area (Å²) in [5.74, 6) is 3.71. The lowest BCUT2D eigenvalue weighted by Crippen LogP contribution is -2.37. The number of likely N-dealkylation sites (N-methyl/N-ethyl adjacent to an activating group) is 1. The number of aromatic nitrogens is 1. The molecular formula is C22H22FN3O3. The number of pyridine rings is 1. The average Bonchev–Trinajstić information content (AvgIpc) is 2.95. The van der Waals surface area contributed by atoms with E-state index in [1.807, 2.05) is 6.92 Å². The number of hydrogen-bond acceptors (Lipinski definition) is 4. The van der Waals surface area contributed by atoms with Crippen LogP contribution in [-0.2, 0) is 11.2 Å². The number of carbonyl (C=O) groups is 2. The Kier molecular flexibility index (Phi) is 5.66. The van der Waals surface area contributed by atoms with Crippen molar-refractivity contribution in [3.8, 4) is 23.1 Å². The molecule has 0 aliphatic carbocycles. The molecule has 1 aliphatic rings. The van der Waals surface area contributed by atoms with Gasteiger partial charge in [0.2, 0.25) is 5.60 Å². The molecule has 1 aromatic carbocycles. The summed E-state index contributed by atoms with van der Waals surface area (Å²) >= 11 is 0. The van der Waals surface area contributed by atoms with Crippen LogP contribution >= 0.6 is 0 Å². The van der Waals surface area contributed by atoms with Gasteiger partial charge in [-0.2, -0.15) is 0 Å². The lowest BCUT2D eigenvalue weighted by Gasteiger charge is -2.13. The quantitative estimate of drug-likeness (QED) is 0.773. The molecule has 0 unspecified atom stereocenters. The zero-order chi connectivity index (χ0) is 21.2. The highest BCUT2D eigenvalue weighted by molar-refractivity contribution is 5.93. The van der Waals surface area contributed by atoms with Crippen LogP contribution in [0.4, 0.5) is 4.39 Å². The average molecular weight is 395 g/mol. The van der Waals surface area contributed by atoms with Crippen molar-refractivity contribution >= 4 is 11.8 Å². The number of aliphatic hydroxyl groups is 1. The summed E-state index contributed by atoms with van der Waals surface area (Å²) in [6.07, 6.45) is 1.45. The van der Waals surface area contributed by atoms with Gasteiger partial charge in [0.25, 0.3) is 11.8 Å². The Bertz CT molecular complexity index is 1040. The molecule has 2 heterocycles. The van der Waals surface area contributed by atoms with Crippen LogP contribution in [0, 0.1) is 17.7 Å². The maximum atomic E-state index is 14.7. The molecule has 6 nitrogen and oxygen atoms in total. The number of primary amides is 1. The third-order valence-corrected chi connectivity index (χ3v) is 4.87. The van der Waals surface area contributed by atoms with Gasteiger partial charge < -0.3 is 15.7 Å². The predicted molar refractivity (Wildman–Crippen MR) is 106 cm³/mol. The number of nitrogens with zero attached hydrogens (tertiary/aromatic N) is 2. The van der Waals surface area contributed by atoms with Crippen LogP contribution in [0.1, 0.15) is 41.4 Å². The van der Waals surface area contributed by atoms with E-state index in [9.17, 15) is 19.1 Å². The second kappa shape index (κ2) is 8.02. The summed E-state index contributed by atoms with van der Waals surface area (Å²) in [6.45, 7) is 2.35. The highest BCUT2D eigenvalue weighted by atomic mass is 19.1. The number of amides is 2. The van der Waals surface area contributed by atoms with Crippen molar-refractivity contribution in [2.24, 2.45) is 5.73 Å². The molecule has 1 aliphatic heterocycles. The van der Waals surface area contributed by atoms with E-state index in [1.165, 1.54) is 11.0 Å². The SMILES string of the molecule is CCCc1cc(F)c(-c2cccc(C#C[C@]3(O)CCN(C)C3=O)c2)nc1C(N)=O. The molecule has 2 aromatic rings. The van der Waals surface area contributed by atoms with Crippen LogP contribution in [0.15, 0.2) is 30.3 Å². The summed E-state index contributed by atoms with van der Waals surface area (Å²) in [4.78, 5) is 29.4. The third kappa shape index (κ3) is 4.13. The van der Waals surface area contributed by atoms with Gasteiger partial charge >= 0.3 is 0 Å². The fraction of sp³-hybridized carbons (Fsp3) is 0.318. The summed E-state index contributed by atoms with van der Waals surface area (Å²) in [6, 6.07) is 7.87. The van der Waals surface area contributed by atoms with Crippen LogP contribution < -0.4 is 5.73 Å². The van der Waals surface area contributed by atoms with Gasteiger partial charge in [-0.25, -0.2) is 9.37 Å². The van der Waals surface area contributed by atoms with Crippen molar-refractivity contribution in [2.75, 3.05) is 13.6 Å². The summed E-state index contributed by atoms with van der Waals surface area (Å²) < 4.78 is 14.7. The Hall–Kier alpha value is -3.24. The Labute approximate surface area is 168 Å². The molecule has 1 aromatic heterocycles. The molecular weight excluding hydrogens is 373 g/mol. The fourth-order valence-electron chi connectivity index (χ4n) is 3.29. The molecule has 7 heteroatoms. The molecule has 1 saturated heterocycles. The van der Waals surface area contributed by atoms with Crippen molar-refractivity contribution in [2.45, 2.75) is 31.8 Å². The number of likely N-dealkylation sites (tertiary alicyclic amines) is 1. The Balaban J connectivity index is 1.99. The van der Waals surface area contributed by atoms with E-state index in [1.54, 1.807) is 31.3 Å². The second-order valence-electron chi connectivity index (χ2n) is 7.11. The molecule has 0 radical (unpaired) electrons. The minimum atomic E-state index is -1.71. The summed E-state index contributed by atoms with van der Waals surface area (Å²) in [5, 5.41) is 10.4. The van der Waals surface area contributed by atoms with Crippen LogP contribution in [-0.4, -0.2) is 46.0 Å². The number of nitrogens with two attached hydrogens (primary N) is 1. The number of aryl methyl sites for hydroxylation is 1. The standard InChI is InChI=1S/C22H22FN3O3/c1-3-5-15-13-17(23)18(25-19(15)20(24)27)16-7-4-6-14(12-16)8-9-22(29)10-11-26(2)21(22)28/h4,6-7,12-13,29H,3,5,10-11H2,1-2H3,(H2,24,27)/t22-/m0/s1. The van der Waals surface area contributed by atoms with Gasteiger partial charge in [-0.3, -0.25) is 9.59 Å². The smallest absolute Gasteiger partial charge is 0.267 e. The summed E-state index contributed by atoms with van der Waals surface area (Å²) in [7, 11) is 1.61. The van der Waals surface area contributed by atoms with Crippen molar-refractivity contribution in [1.29, 1.82) is 0 Å². The largest absolute Gasteiger partial charge is 0.369 e. The molecule has 0 bridgehead atoms. The van der Waals surface area contributed by atoms with E-state index < -0.39 is 23.2 Å². The third-order valence-electron chi connectivity index (χ3n) is 4.87. The molecule has 150 valence electrons. The maximum Gasteiger partial charge on any atom is 0.267 e. The fourth-order valence-corrected chi connectivity index (χ4v) is 3.29. The topological polar surface area (TPSA) is 96.5 Å². The lowest BCUT2D eigenvalue weighted by atomic mass is 10.0. The van der Waals surface area contributed by atoms with Crippen molar-refractivity contribution < 1.29 is 19.1 Å². The second-order valence-corrected chi connectivity index (χ2v) is 7.11. The number of halogens is 1. The van der Waals surface area contributed by atoms with Gasteiger partial charge in [-0.1, -0.05) is 37.3 Å². The summed E-state index contributed by atoms with van der Waals surface area (Å²) in [5.41, 5.74) is 5.13.